The molecule has 1 aromatic heterocycles. The quantitative estimate of drug-likeness (QED) is 0.895. The zero-order valence-electron chi connectivity index (χ0n) is 11.2. The molecule has 0 spiro atoms. The predicted octanol–water partition coefficient (Wildman–Crippen LogP) is 3.35. The third-order valence-corrected chi connectivity index (χ3v) is 4.21. The number of benzene rings is 1. The van der Waals surface area contributed by atoms with E-state index in [0.717, 1.165) is 24.2 Å². The number of nitrogens with zero attached hydrogens (tertiary/aromatic N) is 2. The van der Waals surface area contributed by atoms with Crippen molar-refractivity contribution in [3.8, 4) is 0 Å². The maximum atomic E-state index is 6.56. The lowest BCUT2D eigenvalue weighted by Gasteiger charge is -2.27. The number of fused-ring (bicyclic) bond motifs is 1. The van der Waals surface area contributed by atoms with E-state index in [2.05, 4.69) is 36.6 Å². The third kappa shape index (κ3) is 1.65. The highest BCUT2D eigenvalue weighted by Gasteiger charge is 2.35. The first-order valence-corrected chi connectivity index (χ1v) is 6.96. The summed E-state index contributed by atoms with van der Waals surface area (Å²) in [7, 11) is 0. The Morgan fingerprint density at radius 3 is 2.56 bits per heavy atom. The van der Waals surface area contributed by atoms with E-state index in [4.69, 9.17) is 10.7 Å². The summed E-state index contributed by atoms with van der Waals surface area (Å²) in [5.74, 6) is 1.08. The number of rotatable bonds is 4. The summed E-state index contributed by atoms with van der Waals surface area (Å²) in [5.41, 5.74) is 8.60. The summed E-state index contributed by atoms with van der Waals surface area (Å²) in [5, 5.41) is 0. The van der Waals surface area contributed by atoms with Crippen molar-refractivity contribution in [1.29, 1.82) is 0 Å². The van der Waals surface area contributed by atoms with Gasteiger partial charge in [0.05, 0.1) is 16.6 Å². The Kier molecular flexibility index (Phi) is 2.67. The Morgan fingerprint density at radius 2 is 1.94 bits per heavy atom. The van der Waals surface area contributed by atoms with Crippen LogP contribution in [0.3, 0.4) is 0 Å². The zero-order valence-corrected chi connectivity index (χ0v) is 11.2. The van der Waals surface area contributed by atoms with Gasteiger partial charge in [0, 0.05) is 6.04 Å². The highest BCUT2D eigenvalue weighted by atomic mass is 15.2. The highest BCUT2D eigenvalue weighted by Crippen LogP contribution is 2.41. The fourth-order valence-corrected chi connectivity index (χ4v) is 2.66. The molecule has 0 amide bonds. The zero-order chi connectivity index (χ0) is 12.8. The molecule has 1 aliphatic rings. The number of hydrogen-bond acceptors (Lipinski definition) is 2. The van der Waals surface area contributed by atoms with Crippen molar-refractivity contribution >= 4 is 11.0 Å². The van der Waals surface area contributed by atoms with Crippen LogP contribution in [0.1, 0.15) is 51.4 Å². The smallest absolute Gasteiger partial charge is 0.130 e. The molecule has 96 valence electrons. The Morgan fingerprint density at radius 1 is 1.28 bits per heavy atom. The maximum Gasteiger partial charge on any atom is 0.130 e. The predicted molar refractivity (Wildman–Crippen MR) is 74.5 cm³/mol. The average molecular weight is 243 g/mol. The fraction of sp³-hybridized carbons (Fsp3) is 0.533. The third-order valence-electron chi connectivity index (χ3n) is 4.21. The van der Waals surface area contributed by atoms with Crippen molar-refractivity contribution < 1.29 is 0 Å². The van der Waals surface area contributed by atoms with Crippen molar-refractivity contribution in [3.05, 3.63) is 30.1 Å². The number of imidazole rings is 1. The van der Waals surface area contributed by atoms with E-state index in [0.29, 0.717) is 6.04 Å². The molecule has 3 rings (SSSR count). The van der Waals surface area contributed by atoms with Gasteiger partial charge >= 0.3 is 0 Å². The minimum Gasteiger partial charge on any atom is -0.323 e. The molecule has 0 atom stereocenters. The van der Waals surface area contributed by atoms with Gasteiger partial charge in [-0.05, 0) is 37.8 Å². The first-order chi connectivity index (χ1) is 8.69. The van der Waals surface area contributed by atoms with Crippen molar-refractivity contribution in [3.63, 3.8) is 0 Å². The van der Waals surface area contributed by atoms with E-state index in [1.54, 1.807) is 0 Å². The molecule has 1 fully saturated rings. The Labute approximate surface area is 108 Å². The van der Waals surface area contributed by atoms with Gasteiger partial charge < -0.3 is 10.3 Å². The standard InChI is InChI=1S/C15H21N3/c1-3-15(16,4-2)14-17-12-7-5-6-8-13(12)18(14)11-9-10-11/h5-8,11H,3-4,9-10,16H2,1-2H3. The monoisotopic (exact) mass is 243 g/mol. The fourth-order valence-electron chi connectivity index (χ4n) is 2.66. The molecular formula is C15H21N3. The minimum atomic E-state index is -0.290. The second kappa shape index (κ2) is 4.09. The Hall–Kier alpha value is -1.35. The first-order valence-electron chi connectivity index (χ1n) is 6.96. The van der Waals surface area contributed by atoms with Gasteiger partial charge in [0.25, 0.3) is 0 Å². The topological polar surface area (TPSA) is 43.8 Å². The largest absolute Gasteiger partial charge is 0.323 e. The molecule has 0 bridgehead atoms. The summed E-state index contributed by atoms with van der Waals surface area (Å²) in [6.07, 6.45) is 4.38. The highest BCUT2D eigenvalue weighted by molar-refractivity contribution is 5.76. The molecule has 0 radical (unpaired) electrons. The molecule has 1 aliphatic carbocycles. The molecule has 0 saturated heterocycles. The van der Waals surface area contributed by atoms with Gasteiger partial charge in [0.2, 0.25) is 0 Å². The van der Waals surface area contributed by atoms with Crippen LogP contribution in [0.5, 0.6) is 0 Å². The van der Waals surface area contributed by atoms with E-state index in [1.165, 1.54) is 18.4 Å². The lowest BCUT2D eigenvalue weighted by Crippen LogP contribution is -2.38. The van der Waals surface area contributed by atoms with Gasteiger partial charge in [-0.3, -0.25) is 0 Å². The van der Waals surface area contributed by atoms with Crippen LogP contribution in [0.25, 0.3) is 11.0 Å². The van der Waals surface area contributed by atoms with Gasteiger partial charge in [-0.1, -0.05) is 26.0 Å². The molecule has 3 heteroatoms. The van der Waals surface area contributed by atoms with Crippen LogP contribution in [0, 0.1) is 0 Å². The minimum absolute atomic E-state index is 0.290. The van der Waals surface area contributed by atoms with Crippen LogP contribution >= 0.6 is 0 Å². The molecule has 0 aliphatic heterocycles. The van der Waals surface area contributed by atoms with E-state index in [-0.39, 0.29) is 5.54 Å². The number of aromatic nitrogens is 2. The molecule has 1 saturated carbocycles. The number of para-hydroxylation sites is 2. The lowest BCUT2D eigenvalue weighted by molar-refractivity contribution is 0.371. The summed E-state index contributed by atoms with van der Waals surface area (Å²) in [6, 6.07) is 9.00. The number of hydrogen-bond donors (Lipinski definition) is 1. The molecular weight excluding hydrogens is 222 g/mol. The van der Waals surface area contributed by atoms with Gasteiger partial charge in [-0.2, -0.15) is 0 Å². The van der Waals surface area contributed by atoms with Crippen LogP contribution < -0.4 is 5.73 Å². The van der Waals surface area contributed by atoms with Crippen molar-refractivity contribution in [2.24, 2.45) is 5.73 Å². The van der Waals surface area contributed by atoms with Gasteiger partial charge in [-0.25, -0.2) is 4.98 Å². The van der Waals surface area contributed by atoms with E-state index in [9.17, 15) is 0 Å². The summed E-state index contributed by atoms with van der Waals surface area (Å²) in [4.78, 5) is 4.83. The Bertz CT molecular complexity index is 562. The van der Waals surface area contributed by atoms with Crippen molar-refractivity contribution in [2.45, 2.75) is 51.1 Å². The molecule has 3 nitrogen and oxygen atoms in total. The summed E-state index contributed by atoms with van der Waals surface area (Å²) >= 11 is 0. The second-order valence-corrected chi connectivity index (χ2v) is 5.39. The van der Waals surface area contributed by atoms with E-state index in [1.807, 2.05) is 6.07 Å². The van der Waals surface area contributed by atoms with Crippen LogP contribution in [0.15, 0.2) is 24.3 Å². The first kappa shape index (κ1) is 11.7. The summed E-state index contributed by atoms with van der Waals surface area (Å²) < 4.78 is 2.39. The molecule has 0 unspecified atom stereocenters. The van der Waals surface area contributed by atoms with Crippen LogP contribution in [0.4, 0.5) is 0 Å². The second-order valence-electron chi connectivity index (χ2n) is 5.39. The Balaban J connectivity index is 2.24. The summed E-state index contributed by atoms with van der Waals surface area (Å²) in [6.45, 7) is 4.31. The van der Waals surface area contributed by atoms with Gasteiger partial charge in [0.1, 0.15) is 5.82 Å². The van der Waals surface area contributed by atoms with E-state index >= 15 is 0 Å². The molecule has 1 aromatic carbocycles. The van der Waals surface area contributed by atoms with Crippen LogP contribution in [-0.4, -0.2) is 9.55 Å². The molecule has 1 heterocycles. The van der Waals surface area contributed by atoms with Crippen molar-refractivity contribution in [1.82, 2.24) is 9.55 Å². The van der Waals surface area contributed by atoms with Crippen LogP contribution in [0.2, 0.25) is 0 Å². The SMILES string of the molecule is CCC(N)(CC)c1nc2ccccc2n1C1CC1. The average Bonchev–Trinajstić information content (AvgIpc) is 3.17. The van der Waals surface area contributed by atoms with Crippen molar-refractivity contribution in [2.75, 3.05) is 0 Å². The molecule has 2 aromatic rings. The van der Waals surface area contributed by atoms with Crippen LogP contribution in [-0.2, 0) is 5.54 Å². The molecule has 18 heavy (non-hydrogen) atoms. The van der Waals surface area contributed by atoms with E-state index < -0.39 is 0 Å². The number of nitrogens with two attached hydrogens (primary N) is 1. The molecule has 2 N–H and O–H groups in total. The van der Waals surface area contributed by atoms with Gasteiger partial charge in [-0.15, -0.1) is 0 Å². The maximum absolute atomic E-state index is 6.56. The van der Waals surface area contributed by atoms with Gasteiger partial charge in [0.15, 0.2) is 0 Å². The lowest BCUT2D eigenvalue weighted by atomic mass is 9.93. The normalized spacial score (nSPS) is 16.4.